The van der Waals surface area contributed by atoms with Crippen LogP contribution in [0.5, 0.6) is 0 Å². The third-order valence-corrected chi connectivity index (χ3v) is 18.7. The van der Waals surface area contributed by atoms with Crippen LogP contribution in [-0.2, 0) is 41.9 Å². The van der Waals surface area contributed by atoms with E-state index in [9.17, 15) is 157 Å². The van der Waals surface area contributed by atoms with Gasteiger partial charge >= 0.3 is 95.3 Å². The van der Waals surface area contributed by atoms with E-state index < -0.39 is 213 Å². The zero-order valence-corrected chi connectivity index (χ0v) is 51.1. The van der Waals surface area contributed by atoms with Crippen LogP contribution in [0.15, 0.2) is 99.7 Å². The molecule has 0 radical (unpaired) electrons. The maximum absolute atomic E-state index is 15.2. The predicted octanol–water partition coefficient (Wildman–Crippen LogP) is 17.0. The quantitative estimate of drug-likeness (QED) is 0.0487. The van der Waals surface area contributed by atoms with E-state index >= 15 is 17.6 Å². The Kier molecular flexibility index (Phi) is 23.7. The Bertz CT molecular complexity index is 3520. The summed E-state index contributed by atoms with van der Waals surface area (Å²) in [6.07, 6.45) is -13.3. The van der Waals surface area contributed by atoms with E-state index in [1.807, 2.05) is 0 Å². The minimum Gasteiger partial charge on any atom is -0.207 e. The molecule has 0 unspecified atom stereocenters. The van der Waals surface area contributed by atoms with Gasteiger partial charge in [0.05, 0.1) is 14.7 Å². The van der Waals surface area contributed by atoms with Crippen molar-refractivity contribution in [2.75, 3.05) is 26.2 Å². The fraction of sp³-hybridized carbons (Fsp3) is 0.569. The topological polar surface area (TPSA) is 130 Å². The summed E-state index contributed by atoms with van der Waals surface area (Å²) in [7, 11) is -16.2. The van der Waals surface area contributed by atoms with Crippen molar-refractivity contribution in [3.05, 3.63) is 113 Å². The van der Waals surface area contributed by atoms with E-state index in [4.69, 9.17) is 0 Å². The molecule has 0 spiro atoms. The Morgan fingerprint density at radius 1 is 0.351 bits per heavy atom. The predicted molar refractivity (Wildman–Crippen MR) is 268 cm³/mol. The molecule has 46 heteroatoms. The van der Waals surface area contributed by atoms with E-state index in [2.05, 4.69) is 0 Å². The van der Waals surface area contributed by atoms with Gasteiger partial charge < -0.3 is 0 Å². The highest BCUT2D eigenvalue weighted by atomic mass is 32.2. The molecule has 3 aromatic carbocycles. The molecule has 0 fully saturated rings. The van der Waals surface area contributed by atoms with Crippen molar-refractivity contribution in [1.29, 1.82) is 0 Å². The SMILES string of the molecule is CC(C)c1cc(C(C)C)c(S(=O)(=O)N(C/C=C/CNS(=O)(=O)c2cccc(C(F)(F)C(F)(F)C(F)(F)C(F)(F)C(F)(F)C(F)(F)C(F)(F)C(F)(F)F)c2)C/C=C/CNS(=O)(=O)c2cccc(C(F)(F)C(F)(F)C(F)(F)C(F)(F)C(F)(F)C(F)(F)C(F)(F)C(F)(F)F)c2)c(C(C)C)c1. The van der Waals surface area contributed by atoms with E-state index in [1.165, 1.54) is 49.3 Å². The Hall–Kier alpha value is -5.51. The molecule has 97 heavy (non-hydrogen) atoms. The molecule has 0 aliphatic carbocycles. The first-order chi connectivity index (χ1) is 42.8. The molecule has 2 N–H and O–H groups in total. The van der Waals surface area contributed by atoms with Gasteiger partial charge in [-0.05, 0) is 58.7 Å². The average Bonchev–Trinajstić information content (AvgIpc) is 0.700. The minimum absolute atomic E-state index is 0.0764. The van der Waals surface area contributed by atoms with Crippen LogP contribution in [0.1, 0.15) is 87.1 Å². The molecule has 0 saturated heterocycles. The first-order valence-electron chi connectivity index (χ1n) is 25.9. The summed E-state index contributed by atoms with van der Waals surface area (Å²) in [5.41, 5.74) is -5.01. The van der Waals surface area contributed by atoms with Crippen LogP contribution in [-0.4, -0.2) is 139 Å². The van der Waals surface area contributed by atoms with Crippen molar-refractivity contribution in [3.63, 3.8) is 0 Å². The Labute approximate surface area is 525 Å². The first kappa shape index (κ1) is 85.7. The van der Waals surface area contributed by atoms with Crippen LogP contribution in [0.25, 0.3) is 0 Å². The van der Waals surface area contributed by atoms with Gasteiger partial charge in [0.25, 0.3) is 0 Å². The highest BCUT2D eigenvalue weighted by Crippen LogP contribution is 2.67. The molecule has 3 rings (SSSR count). The van der Waals surface area contributed by atoms with Gasteiger partial charge in [-0.2, -0.15) is 154 Å². The van der Waals surface area contributed by atoms with E-state index in [0.717, 1.165) is 12.2 Å². The number of halogens is 34. The molecular weight excluding hydrogens is 1490 g/mol. The molecule has 0 aliphatic heterocycles. The summed E-state index contributed by atoms with van der Waals surface area (Å²) in [6, 6.07) is 0.431. The summed E-state index contributed by atoms with van der Waals surface area (Å²) in [6.45, 7) is 5.09. The van der Waals surface area contributed by atoms with Gasteiger partial charge in [-0.3, -0.25) is 0 Å². The van der Waals surface area contributed by atoms with Crippen LogP contribution in [0.3, 0.4) is 0 Å². The maximum Gasteiger partial charge on any atom is 0.460 e. The minimum atomic E-state index is -8.98. The van der Waals surface area contributed by atoms with Crippen LogP contribution in [0, 0.1) is 0 Å². The highest BCUT2D eigenvalue weighted by molar-refractivity contribution is 7.90. The first-order valence-corrected chi connectivity index (χ1v) is 30.3. The smallest absolute Gasteiger partial charge is 0.207 e. The molecule has 0 aliphatic rings. The van der Waals surface area contributed by atoms with Crippen LogP contribution in [0.4, 0.5) is 149 Å². The van der Waals surface area contributed by atoms with Gasteiger partial charge in [-0.15, -0.1) is 0 Å². The van der Waals surface area contributed by atoms with Crippen LogP contribution >= 0.6 is 0 Å². The highest BCUT2D eigenvalue weighted by Gasteiger charge is 2.97. The van der Waals surface area contributed by atoms with Gasteiger partial charge in [-0.1, -0.05) is 102 Å². The van der Waals surface area contributed by atoms with Gasteiger partial charge in [-0.25, -0.2) is 34.7 Å². The maximum atomic E-state index is 15.2. The second-order valence-corrected chi connectivity index (χ2v) is 27.0. The number of nitrogens with zero attached hydrogens (tertiary/aromatic N) is 1. The standard InChI is InChI=1S/C51H45F34N3O6S3/c1-25(2)28-21-33(26(3)4)35(34(22-28)27(5)6)97(93,94)88(19-9-7-17-86-95(89,90)31-15-11-13-29(23-31)36(52,53)38(56,57)40(60,61)42(64,65)44(68,69)46(72,73)48(76,77)50(80,81)82)20-10-8-18-87-96(91,92)32-16-12-14-30(24-32)37(54,55)39(58,59)41(62,63)43(66,67)45(70,71)47(74,75)49(78,79)51(83,84)85/h7-16,21-27,86-87H,17-20H2,1-6H3/b9-7+,10-8+. The molecule has 556 valence electrons. The summed E-state index contributed by atoms with van der Waals surface area (Å²) < 4.78 is 561. The number of rotatable bonds is 31. The molecule has 0 bridgehead atoms. The fourth-order valence-corrected chi connectivity index (χ4v) is 12.1. The molecule has 0 aromatic heterocycles. The van der Waals surface area contributed by atoms with E-state index in [0.29, 0.717) is 22.0 Å². The van der Waals surface area contributed by atoms with E-state index in [-0.39, 0.29) is 41.3 Å². The Morgan fingerprint density at radius 3 is 0.856 bits per heavy atom. The van der Waals surface area contributed by atoms with Gasteiger partial charge in [0.2, 0.25) is 30.1 Å². The fourth-order valence-electron chi connectivity index (χ4n) is 8.03. The van der Waals surface area contributed by atoms with Crippen molar-refractivity contribution in [2.45, 2.75) is 169 Å². The Morgan fingerprint density at radius 2 is 0.608 bits per heavy atom. The largest absolute Gasteiger partial charge is 0.460 e. The number of benzene rings is 3. The molecule has 9 nitrogen and oxygen atoms in total. The lowest BCUT2D eigenvalue weighted by molar-refractivity contribution is -0.462. The average molecular weight is 1540 g/mol. The number of hydrogen-bond acceptors (Lipinski definition) is 6. The van der Waals surface area contributed by atoms with Gasteiger partial charge in [0.15, 0.2) is 0 Å². The molecule has 0 heterocycles. The molecule has 0 amide bonds. The van der Waals surface area contributed by atoms with Crippen molar-refractivity contribution in [2.24, 2.45) is 0 Å². The van der Waals surface area contributed by atoms with Crippen LogP contribution in [0.2, 0.25) is 0 Å². The number of hydrogen-bond donors (Lipinski definition) is 2. The second-order valence-electron chi connectivity index (χ2n) is 21.6. The third-order valence-electron chi connectivity index (χ3n) is 13.9. The lowest BCUT2D eigenvalue weighted by Crippen LogP contribution is -2.74. The summed E-state index contributed by atoms with van der Waals surface area (Å²) in [4.78, 5) is -3.99. The number of nitrogens with one attached hydrogen (secondary N) is 2. The van der Waals surface area contributed by atoms with Crippen molar-refractivity contribution in [3.8, 4) is 0 Å². The van der Waals surface area contributed by atoms with Crippen molar-refractivity contribution in [1.82, 2.24) is 13.7 Å². The lowest BCUT2D eigenvalue weighted by atomic mass is 9.87. The summed E-state index contributed by atoms with van der Waals surface area (Å²) in [5, 5.41) is 0. The number of sulfonamides is 3. The summed E-state index contributed by atoms with van der Waals surface area (Å²) >= 11 is 0. The van der Waals surface area contributed by atoms with Crippen molar-refractivity contribution >= 4 is 30.1 Å². The normalized spacial score (nSPS) is 15.6. The monoisotopic (exact) mass is 1540 g/mol. The summed E-state index contributed by atoms with van der Waals surface area (Å²) in [5.74, 6) is -121. The number of alkyl halides is 34. The third kappa shape index (κ3) is 14.3. The lowest BCUT2D eigenvalue weighted by Gasteiger charge is -2.42. The second kappa shape index (κ2) is 26.8. The van der Waals surface area contributed by atoms with Crippen molar-refractivity contribution < 1.29 is 175 Å². The van der Waals surface area contributed by atoms with Gasteiger partial charge in [0, 0.05) is 37.3 Å². The molecule has 0 atom stereocenters. The van der Waals surface area contributed by atoms with E-state index in [1.54, 1.807) is 13.8 Å². The molecular formula is C51H45F34N3O6S3. The zero-order valence-electron chi connectivity index (χ0n) is 48.6. The molecule has 0 saturated carbocycles. The molecule has 3 aromatic rings. The Balaban J connectivity index is 2.06. The van der Waals surface area contributed by atoms with Crippen LogP contribution < -0.4 is 9.44 Å². The van der Waals surface area contributed by atoms with Gasteiger partial charge in [0.1, 0.15) is 0 Å². The zero-order chi connectivity index (χ0) is 76.6.